The molecule has 0 saturated carbocycles. The summed E-state index contributed by atoms with van der Waals surface area (Å²) >= 11 is 0. The van der Waals surface area contributed by atoms with Gasteiger partial charge in [0.05, 0.1) is 0 Å². The van der Waals surface area contributed by atoms with Gasteiger partial charge in [-0.2, -0.15) is 4.98 Å². The van der Waals surface area contributed by atoms with Crippen molar-refractivity contribution in [2.45, 2.75) is 32.0 Å². The second-order valence-corrected chi connectivity index (χ2v) is 10.4. The standard InChI is InChI=1S/C18H21FN3O3P/c1-26(2,24)15-8-12(5-6-14(15)19)11-25-16-9-17-21-7-3-4-13(21)10-22(17)18(23)20-16/h5-6,8-9,13H,3-4,7,10-11H2,1-2H3/t13-/m1/s1. The molecule has 0 spiro atoms. The molecule has 1 atom stereocenters. The average molecular weight is 377 g/mol. The first-order valence-corrected chi connectivity index (χ1v) is 11.3. The molecule has 8 heteroatoms. The SMILES string of the molecule is CP(C)(=O)c1cc(COc2cc3n(c(=O)n2)C[C@H]2CCCN32)ccc1F. The molecule has 0 radical (unpaired) electrons. The molecule has 1 aromatic carbocycles. The van der Waals surface area contributed by atoms with E-state index in [-0.39, 0.29) is 23.5 Å². The molecule has 0 amide bonds. The quantitative estimate of drug-likeness (QED) is 0.765. The van der Waals surface area contributed by atoms with Gasteiger partial charge in [0.2, 0.25) is 5.88 Å². The molecule has 0 N–H and O–H groups in total. The van der Waals surface area contributed by atoms with Crippen molar-refractivity contribution in [3.05, 3.63) is 46.1 Å². The molecule has 2 aromatic rings. The van der Waals surface area contributed by atoms with Crippen LogP contribution in [-0.4, -0.2) is 35.5 Å². The summed E-state index contributed by atoms with van der Waals surface area (Å²) in [6.07, 6.45) is 2.22. The molecule has 4 rings (SSSR count). The van der Waals surface area contributed by atoms with Crippen LogP contribution in [0.5, 0.6) is 5.88 Å². The molecular formula is C18H21FN3O3P. The smallest absolute Gasteiger partial charge is 0.352 e. The molecule has 0 aliphatic carbocycles. The Hall–Kier alpha value is -2.14. The van der Waals surface area contributed by atoms with Gasteiger partial charge in [0.25, 0.3) is 0 Å². The molecule has 26 heavy (non-hydrogen) atoms. The fraction of sp³-hybridized carbons (Fsp3) is 0.444. The Morgan fingerprint density at radius 3 is 2.92 bits per heavy atom. The molecule has 138 valence electrons. The summed E-state index contributed by atoms with van der Waals surface area (Å²) in [5.41, 5.74) is 0.380. The second kappa shape index (κ2) is 6.23. The molecule has 2 aliphatic heterocycles. The summed E-state index contributed by atoms with van der Waals surface area (Å²) in [6, 6.07) is 6.62. The number of benzene rings is 1. The van der Waals surface area contributed by atoms with Crippen molar-refractivity contribution in [1.82, 2.24) is 9.55 Å². The summed E-state index contributed by atoms with van der Waals surface area (Å²) in [6.45, 7) is 4.83. The molecule has 2 aliphatic rings. The monoisotopic (exact) mass is 377 g/mol. The van der Waals surface area contributed by atoms with E-state index >= 15 is 0 Å². The molecule has 1 fully saturated rings. The largest absolute Gasteiger partial charge is 0.473 e. The summed E-state index contributed by atoms with van der Waals surface area (Å²) in [5, 5.41) is 0.209. The van der Waals surface area contributed by atoms with Crippen molar-refractivity contribution in [1.29, 1.82) is 0 Å². The third-order valence-electron chi connectivity index (χ3n) is 5.01. The molecule has 0 unspecified atom stereocenters. The zero-order valence-corrected chi connectivity index (χ0v) is 15.7. The summed E-state index contributed by atoms with van der Waals surface area (Å²) in [5.74, 6) is 0.640. The lowest BCUT2D eigenvalue weighted by atomic mass is 10.2. The van der Waals surface area contributed by atoms with Gasteiger partial charge in [0, 0.05) is 30.5 Å². The maximum Gasteiger partial charge on any atom is 0.352 e. The van der Waals surface area contributed by atoms with Gasteiger partial charge in [0.15, 0.2) is 0 Å². The number of anilines is 1. The van der Waals surface area contributed by atoms with E-state index < -0.39 is 13.0 Å². The van der Waals surface area contributed by atoms with E-state index in [9.17, 15) is 13.8 Å². The Morgan fingerprint density at radius 2 is 2.15 bits per heavy atom. The molecule has 6 nitrogen and oxygen atoms in total. The van der Waals surface area contributed by atoms with E-state index in [0.717, 1.165) is 25.2 Å². The number of rotatable bonds is 4. The third-order valence-corrected chi connectivity index (χ3v) is 6.51. The van der Waals surface area contributed by atoms with Gasteiger partial charge in [-0.25, -0.2) is 9.18 Å². The van der Waals surface area contributed by atoms with Crippen LogP contribution in [-0.2, 0) is 17.7 Å². The van der Waals surface area contributed by atoms with Crippen molar-refractivity contribution >= 4 is 18.3 Å². The van der Waals surface area contributed by atoms with E-state index in [1.807, 2.05) is 0 Å². The molecule has 0 bridgehead atoms. The number of halogens is 1. The lowest BCUT2D eigenvalue weighted by Crippen LogP contribution is -2.24. The fourth-order valence-electron chi connectivity index (χ4n) is 3.71. The number of ether oxygens (including phenoxy) is 1. The van der Waals surface area contributed by atoms with Crippen molar-refractivity contribution < 1.29 is 13.7 Å². The van der Waals surface area contributed by atoms with E-state index in [0.29, 0.717) is 18.2 Å². The highest BCUT2D eigenvalue weighted by Crippen LogP contribution is 2.36. The van der Waals surface area contributed by atoms with Crippen molar-refractivity contribution in [2.24, 2.45) is 0 Å². The van der Waals surface area contributed by atoms with Crippen LogP contribution >= 0.6 is 7.14 Å². The van der Waals surface area contributed by atoms with Crippen LogP contribution in [0.15, 0.2) is 29.1 Å². The van der Waals surface area contributed by atoms with Crippen molar-refractivity contribution in [2.75, 3.05) is 24.8 Å². The maximum absolute atomic E-state index is 13.9. The first-order chi connectivity index (χ1) is 12.3. The molecule has 1 aromatic heterocycles. The van der Waals surface area contributed by atoms with Gasteiger partial charge < -0.3 is 14.2 Å². The van der Waals surface area contributed by atoms with Crippen LogP contribution in [0.25, 0.3) is 0 Å². The molecule has 1 saturated heterocycles. The highest BCUT2D eigenvalue weighted by molar-refractivity contribution is 7.70. The molecular weight excluding hydrogens is 356 g/mol. The first kappa shape index (κ1) is 17.3. The van der Waals surface area contributed by atoms with E-state index in [1.54, 1.807) is 22.8 Å². The van der Waals surface area contributed by atoms with Gasteiger partial charge in [-0.3, -0.25) is 4.57 Å². The van der Waals surface area contributed by atoms with Crippen LogP contribution in [0, 0.1) is 5.82 Å². The minimum Gasteiger partial charge on any atom is -0.473 e. The van der Waals surface area contributed by atoms with Crippen LogP contribution in [0.1, 0.15) is 18.4 Å². The van der Waals surface area contributed by atoms with Crippen LogP contribution in [0.3, 0.4) is 0 Å². The Bertz CT molecular complexity index is 969. The average Bonchev–Trinajstić information content (AvgIpc) is 3.15. The lowest BCUT2D eigenvalue weighted by Gasteiger charge is -2.17. The van der Waals surface area contributed by atoms with Gasteiger partial charge in [0.1, 0.15) is 25.4 Å². The predicted molar refractivity (Wildman–Crippen MR) is 98.7 cm³/mol. The number of hydrogen-bond acceptors (Lipinski definition) is 5. The summed E-state index contributed by atoms with van der Waals surface area (Å²) in [7, 11) is -2.72. The van der Waals surface area contributed by atoms with Gasteiger partial charge in [-0.1, -0.05) is 6.07 Å². The lowest BCUT2D eigenvalue weighted by molar-refractivity contribution is 0.291. The number of hydrogen-bond donors (Lipinski definition) is 0. The maximum atomic E-state index is 13.9. The zero-order valence-electron chi connectivity index (χ0n) is 14.8. The number of aromatic nitrogens is 2. The van der Waals surface area contributed by atoms with Gasteiger partial charge in [-0.15, -0.1) is 0 Å². The Balaban J connectivity index is 1.56. The number of fused-ring (bicyclic) bond motifs is 3. The van der Waals surface area contributed by atoms with E-state index in [4.69, 9.17) is 4.74 Å². The van der Waals surface area contributed by atoms with E-state index in [1.165, 1.54) is 19.4 Å². The summed E-state index contributed by atoms with van der Waals surface area (Å²) in [4.78, 5) is 18.5. The summed E-state index contributed by atoms with van der Waals surface area (Å²) < 4.78 is 33.5. The van der Waals surface area contributed by atoms with Crippen molar-refractivity contribution in [3.8, 4) is 5.88 Å². The second-order valence-electron chi connectivity index (χ2n) is 7.26. The molecule has 3 heterocycles. The highest BCUT2D eigenvalue weighted by atomic mass is 31.2. The fourth-order valence-corrected chi connectivity index (χ4v) is 4.78. The Morgan fingerprint density at radius 1 is 1.35 bits per heavy atom. The van der Waals surface area contributed by atoms with Gasteiger partial charge in [-0.05, 0) is 43.9 Å². The minimum atomic E-state index is -2.72. The Kier molecular flexibility index (Phi) is 4.14. The number of nitrogens with zero attached hydrogens (tertiary/aromatic N) is 3. The Labute approximate surface area is 151 Å². The van der Waals surface area contributed by atoms with Crippen LogP contribution in [0.4, 0.5) is 10.2 Å². The predicted octanol–water partition coefficient (Wildman–Crippen LogP) is 2.19. The van der Waals surface area contributed by atoms with Crippen LogP contribution < -0.4 is 20.6 Å². The zero-order chi connectivity index (χ0) is 18.5. The first-order valence-electron chi connectivity index (χ1n) is 8.68. The highest BCUT2D eigenvalue weighted by Gasteiger charge is 2.34. The van der Waals surface area contributed by atoms with Crippen molar-refractivity contribution in [3.63, 3.8) is 0 Å². The van der Waals surface area contributed by atoms with E-state index in [2.05, 4.69) is 9.88 Å². The third kappa shape index (κ3) is 3.05. The normalized spacial score (nSPS) is 18.7. The minimum absolute atomic E-state index is 0.132. The van der Waals surface area contributed by atoms with Gasteiger partial charge >= 0.3 is 5.69 Å². The van der Waals surface area contributed by atoms with Crippen LogP contribution in [0.2, 0.25) is 0 Å². The topological polar surface area (TPSA) is 64.4 Å².